The second-order valence-electron chi connectivity index (χ2n) is 7.84. The van der Waals surface area contributed by atoms with Gasteiger partial charge in [0.05, 0.1) is 6.04 Å². The van der Waals surface area contributed by atoms with Crippen molar-refractivity contribution in [2.45, 2.75) is 45.2 Å². The summed E-state index contributed by atoms with van der Waals surface area (Å²) in [6, 6.07) is 6.31. The molecule has 1 spiro atoms. The number of piperidine rings is 1. The molecule has 2 aliphatic rings. The molecule has 1 amide bonds. The summed E-state index contributed by atoms with van der Waals surface area (Å²) in [5, 5.41) is 3.07. The van der Waals surface area contributed by atoms with Crippen LogP contribution in [0.3, 0.4) is 0 Å². The molecule has 2 saturated heterocycles. The quantitative estimate of drug-likeness (QED) is 0.889. The molecule has 0 radical (unpaired) electrons. The van der Waals surface area contributed by atoms with Crippen LogP contribution < -0.4 is 5.32 Å². The van der Waals surface area contributed by atoms with Gasteiger partial charge in [-0.2, -0.15) is 0 Å². The molecule has 25 heavy (non-hydrogen) atoms. The van der Waals surface area contributed by atoms with E-state index >= 15 is 0 Å². The molecule has 2 aliphatic heterocycles. The summed E-state index contributed by atoms with van der Waals surface area (Å²) < 4.78 is 13.0. The van der Waals surface area contributed by atoms with Crippen molar-refractivity contribution in [2.24, 2.45) is 5.41 Å². The van der Waals surface area contributed by atoms with E-state index in [9.17, 15) is 9.18 Å². The Morgan fingerprint density at radius 2 is 1.96 bits per heavy atom. The molecule has 0 unspecified atom stereocenters. The van der Waals surface area contributed by atoms with Crippen molar-refractivity contribution >= 4 is 5.91 Å². The van der Waals surface area contributed by atoms with E-state index in [1.165, 1.54) is 25.0 Å². The van der Waals surface area contributed by atoms with E-state index in [1.54, 1.807) is 12.1 Å². The smallest absolute Gasteiger partial charge is 0.237 e. The van der Waals surface area contributed by atoms with Crippen LogP contribution in [0.1, 0.15) is 38.2 Å². The molecular weight excluding hydrogens is 317 g/mol. The lowest BCUT2D eigenvalue weighted by Gasteiger charge is -2.37. The van der Waals surface area contributed by atoms with Crippen molar-refractivity contribution < 1.29 is 9.18 Å². The number of nitrogens with zero attached hydrogens (tertiary/aromatic N) is 2. The number of rotatable bonds is 5. The number of benzene rings is 1. The Morgan fingerprint density at radius 3 is 2.60 bits per heavy atom. The first-order valence-electron chi connectivity index (χ1n) is 9.46. The fraction of sp³-hybridized carbons (Fsp3) is 0.650. The first-order chi connectivity index (χ1) is 12.0. The Kier molecular flexibility index (Phi) is 5.74. The molecule has 5 heteroatoms. The van der Waals surface area contributed by atoms with Gasteiger partial charge in [0.1, 0.15) is 5.82 Å². The molecule has 1 atom stereocenters. The zero-order chi connectivity index (χ0) is 17.9. The Labute approximate surface area is 150 Å². The molecule has 2 fully saturated rings. The SMILES string of the molecule is CCCN1CC2(CCN(C)CC2)C[C@@H]1C(=O)NCc1ccc(F)cc1. The first kappa shape index (κ1) is 18.3. The zero-order valence-electron chi connectivity index (χ0n) is 15.4. The molecule has 3 rings (SSSR count). The van der Waals surface area contributed by atoms with Crippen LogP contribution in [-0.4, -0.2) is 55.0 Å². The molecule has 1 N–H and O–H groups in total. The number of carbonyl (C=O) groups is 1. The summed E-state index contributed by atoms with van der Waals surface area (Å²) in [6.07, 6.45) is 4.41. The fourth-order valence-corrected chi connectivity index (χ4v) is 4.29. The highest BCUT2D eigenvalue weighted by molar-refractivity contribution is 5.82. The maximum absolute atomic E-state index is 13.0. The molecule has 0 saturated carbocycles. The minimum Gasteiger partial charge on any atom is -0.351 e. The minimum absolute atomic E-state index is 0.0243. The van der Waals surface area contributed by atoms with Crippen LogP contribution in [0.2, 0.25) is 0 Å². The number of amides is 1. The van der Waals surface area contributed by atoms with Crippen molar-refractivity contribution in [3.8, 4) is 0 Å². The van der Waals surface area contributed by atoms with Crippen LogP contribution in [-0.2, 0) is 11.3 Å². The second kappa shape index (κ2) is 7.83. The number of hydrogen-bond donors (Lipinski definition) is 1. The lowest BCUT2D eigenvalue weighted by Crippen LogP contribution is -2.43. The summed E-state index contributed by atoms with van der Waals surface area (Å²) in [7, 11) is 2.18. The average molecular weight is 347 g/mol. The van der Waals surface area contributed by atoms with Gasteiger partial charge in [0.25, 0.3) is 0 Å². The van der Waals surface area contributed by atoms with Gasteiger partial charge >= 0.3 is 0 Å². The lowest BCUT2D eigenvalue weighted by molar-refractivity contribution is -0.125. The van der Waals surface area contributed by atoms with Gasteiger partial charge in [0.2, 0.25) is 5.91 Å². The first-order valence-corrected chi connectivity index (χ1v) is 9.46. The Bertz CT molecular complexity index is 581. The van der Waals surface area contributed by atoms with Gasteiger partial charge in [0, 0.05) is 13.1 Å². The van der Waals surface area contributed by atoms with Crippen molar-refractivity contribution in [1.29, 1.82) is 0 Å². The molecular formula is C20H30FN3O. The lowest BCUT2D eigenvalue weighted by atomic mass is 9.76. The monoisotopic (exact) mass is 347 g/mol. The number of likely N-dealkylation sites (tertiary alicyclic amines) is 2. The predicted octanol–water partition coefficient (Wildman–Crippen LogP) is 2.64. The normalized spacial score (nSPS) is 23.9. The summed E-state index contributed by atoms with van der Waals surface area (Å²) in [6.45, 7) is 6.92. The average Bonchev–Trinajstić information content (AvgIpc) is 2.96. The Morgan fingerprint density at radius 1 is 1.28 bits per heavy atom. The van der Waals surface area contributed by atoms with E-state index in [2.05, 4.69) is 29.1 Å². The fourth-order valence-electron chi connectivity index (χ4n) is 4.29. The molecule has 4 nitrogen and oxygen atoms in total. The molecule has 138 valence electrons. The maximum atomic E-state index is 13.0. The topological polar surface area (TPSA) is 35.6 Å². The number of hydrogen-bond acceptors (Lipinski definition) is 3. The molecule has 0 bridgehead atoms. The molecule has 1 aromatic carbocycles. The van der Waals surface area contributed by atoms with E-state index in [0.717, 1.165) is 44.6 Å². The largest absolute Gasteiger partial charge is 0.351 e. The van der Waals surface area contributed by atoms with E-state index in [0.29, 0.717) is 12.0 Å². The van der Waals surface area contributed by atoms with Gasteiger partial charge in [-0.15, -0.1) is 0 Å². The van der Waals surface area contributed by atoms with Gasteiger partial charge in [0.15, 0.2) is 0 Å². The van der Waals surface area contributed by atoms with Gasteiger partial charge < -0.3 is 10.2 Å². The third-order valence-electron chi connectivity index (χ3n) is 5.85. The van der Waals surface area contributed by atoms with Crippen LogP contribution in [0.15, 0.2) is 24.3 Å². The van der Waals surface area contributed by atoms with Crippen molar-refractivity contribution in [3.63, 3.8) is 0 Å². The maximum Gasteiger partial charge on any atom is 0.237 e. The summed E-state index contributed by atoms with van der Waals surface area (Å²) >= 11 is 0. The van der Waals surface area contributed by atoms with Gasteiger partial charge in [-0.3, -0.25) is 9.69 Å². The molecule has 0 aliphatic carbocycles. The van der Waals surface area contributed by atoms with Gasteiger partial charge in [-0.25, -0.2) is 4.39 Å². The third-order valence-corrected chi connectivity index (χ3v) is 5.85. The minimum atomic E-state index is -0.246. The summed E-state index contributed by atoms with van der Waals surface area (Å²) in [5.41, 5.74) is 1.24. The Hall–Kier alpha value is -1.46. The van der Waals surface area contributed by atoms with Gasteiger partial charge in [-0.1, -0.05) is 19.1 Å². The molecule has 0 aromatic heterocycles. The number of nitrogens with one attached hydrogen (secondary N) is 1. The standard InChI is InChI=1S/C20H30FN3O/c1-3-10-24-15-20(8-11-23(2)12-9-20)13-18(24)19(25)22-14-16-4-6-17(21)7-5-16/h4-7,18H,3,8-15H2,1-2H3,(H,22,25)/t18-/m1/s1. The second-order valence-corrected chi connectivity index (χ2v) is 7.84. The highest BCUT2D eigenvalue weighted by Gasteiger charge is 2.47. The van der Waals surface area contributed by atoms with Crippen LogP contribution in [0.5, 0.6) is 0 Å². The predicted molar refractivity (Wildman–Crippen MR) is 97.7 cm³/mol. The third kappa shape index (κ3) is 4.39. The zero-order valence-corrected chi connectivity index (χ0v) is 15.4. The van der Waals surface area contributed by atoms with E-state index in [4.69, 9.17) is 0 Å². The van der Waals surface area contributed by atoms with Gasteiger partial charge in [-0.05, 0) is 75.5 Å². The Balaban J connectivity index is 1.62. The van der Waals surface area contributed by atoms with Crippen LogP contribution in [0.25, 0.3) is 0 Å². The van der Waals surface area contributed by atoms with E-state index in [1.807, 2.05) is 0 Å². The van der Waals surface area contributed by atoms with Crippen molar-refractivity contribution in [2.75, 3.05) is 33.2 Å². The number of carbonyl (C=O) groups excluding carboxylic acids is 1. The summed E-state index contributed by atoms with van der Waals surface area (Å²) in [5.74, 6) is -0.127. The van der Waals surface area contributed by atoms with Crippen LogP contribution >= 0.6 is 0 Å². The highest BCUT2D eigenvalue weighted by Crippen LogP contribution is 2.43. The van der Waals surface area contributed by atoms with Crippen LogP contribution in [0.4, 0.5) is 4.39 Å². The van der Waals surface area contributed by atoms with Crippen LogP contribution in [0, 0.1) is 11.2 Å². The van der Waals surface area contributed by atoms with Crippen molar-refractivity contribution in [3.05, 3.63) is 35.6 Å². The van der Waals surface area contributed by atoms with E-state index < -0.39 is 0 Å². The molecule has 2 heterocycles. The highest BCUT2D eigenvalue weighted by atomic mass is 19.1. The summed E-state index contributed by atoms with van der Waals surface area (Å²) in [4.78, 5) is 17.6. The van der Waals surface area contributed by atoms with E-state index in [-0.39, 0.29) is 17.8 Å². The van der Waals surface area contributed by atoms with Crippen molar-refractivity contribution in [1.82, 2.24) is 15.1 Å². The number of halogens is 1. The molecule has 1 aromatic rings.